The molecule has 6 nitrogen and oxygen atoms in total. The average Bonchev–Trinajstić information content (AvgIpc) is 3.10. The van der Waals surface area contributed by atoms with Gasteiger partial charge in [-0.2, -0.15) is 0 Å². The van der Waals surface area contributed by atoms with E-state index in [0.717, 1.165) is 56.6 Å². The highest BCUT2D eigenvalue weighted by atomic mass is 32.1. The molecule has 1 aromatic rings. The minimum absolute atomic E-state index is 0.239. The summed E-state index contributed by atoms with van der Waals surface area (Å²) in [4.78, 5) is 30.6. The van der Waals surface area contributed by atoms with E-state index in [1.54, 1.807) is 5.38 Å². The zero-order chi connectivity index (χ0) is 20.9. The summed E-state index contributed by atoms with van der Waals surface area (Å²) in [6, 6.07) is 0.935. The Morgan fingerprint density at radius 2 is 2.11 bits per heavy atom. The molecule has 1 aliphatic heterocycles. The van der Waals surface area contributed by atoms with Crippen molar-refractivity contribution in [1.82, 2.24) is 20.1 Å². The molecule has 0 radical (unpaired) electrons. The lowest BCUT2D eigenvalue weighted by Gasteiger charge is -2.30. The molecule has 1 N–H and O–H groups in total. The lowest BCUT2D eigenvalue weighted by molar-refractivity contribution is -0.122. The van der Waals surface area contributed by atoms with Crippen molar-refractivity contribution in [2.24, 2.45) is 0 Å². The van der Waals surface area contributed by atoms with Crippen LogP contribution in [0.5, 0.6) is 0 Å². The van der Waals surface area contributed by atoms with E-state index in [4.69, 9.17) is 0 Å². The van der Waals surface area contributed by atoms with Crippen LogP contribution < -0.4 is 5.32 Å². The molecule has 0 aromatic carbocycles. The molecule has 2 rings (SSSR count). The molecule has 7 heteroatoms. The maximum Gasteiger partial charge on any atom is 0.220 e. The number of nitrogens with zero attached hydrogens (tertiary/aromatic N) is 3. The van der Waals surface area contributed by atoms with Crippen LogP contribution in [0.1, 0.15) is 67.9 Å². The zero-order valence-electron chi connectivity index (χ0n) is 18.2. The number of likely N-dealkylation sites (tertiary alicyclic amines) is 1. The Morgan fingerprint density at radius 1 is 1.43 bits per heavy atom. The van der Waals surface area contributed by atoms with Gasteiger partial charge in [0.25, 0.3) is 0 Å². The first-order chi connectivity index (χ1) is 13.4. The number of piperidine rings is 1. The number of nitrogens with one attached hydrogen (secondary N) is 1. The summed E-state index contributed by atoms with van der Waals surface area (Å²) in [5.41, 5.74) is 0.535. The van der Waals surface area contributed by atoms with E-state index < -0.39 is 0 Å². The smallest absolute Gasteiger partial charge is 0.220 e. The third-order valence-electron chi connectivity index (χ3n) is 5.22. The van der Waals surface area contributed by atoms with Crippen molar-refractivity contribution in [2.45, 2.75) is 71.4 Å². The second kappa shape index (κ2) is 13.8. The van der Waals surface area contributed by atoms with Crippen LogP contribution in [0.3, 0.4) is 0 Å². The number of thiazole rings is 1. The van der Waals surface area contributed by atoms with Gasteiger partial charge in [-0.25, -0.2) is 4.98 Å². The fourth-order valence-electron chi connectivity index (χ4n) is 3.46. The van der Waals surface area contributed by atoms with Gasteiger partial charge in [0, 0.05) is 23.9 Å². The van der Waals surface area contributed by atoms with E-state index in [1.165, 1.54) is 17.8 Å². The van der Waals surface area contributed by atoms with E-state index in [1.807, 2.05) is 6.92 Å². The Kier molecular flexibility index (Phi) is 12.2. The summed E-state index contributed by atoms with van der Waals surface area (Å²) in [7, 11) is 4.32. The molecular weight excluding hydrogens is 372 g/mol. The number of hydrogen-bond donors (Lipinski definition) is 1. The number of aldehydes is 1. The van der Waals surface area contributed by atoms with Crippen LogP contribution in [-0.4, -0.2) is 72.8 Å². The van der Waals surface area contributed by atoms with Crippen molar-refractivity contribution >= 4 is 23.5 Å². The molecule has 0 bridgehead atoms. The number of aryl methyl sites for hydroxylation is 1. The number of aromatic nitrogens is 1. The van der Waals surface area contributed by atoms with Crippen molar-refractivity contribution in [3.8, 4) is 0 Å². The highest BCUT2D eigenvalue weighted by Crippen LogP contribution is 2.12. The summed E-state index contributed by atoms with van der Waals surface area (Å²) in [5, 5.41) is 5.88. The van der Waals surface area contributed by atoms with Crippen LogP contribution in [0.25, 0.3) is 0 Å². The molecule has 0 aliphatic carbocycles. The molecule has 160 valence electrons. The van der Waals surface area contributed by atoms with E-state index in [2.05, 4.69) is 48.0 Å². The monoisotopic (exact) mass is 410 g/mol. The average molecular weight is 411 g/mol. The second-order valence-electron chi connectivity index (χ2n) is 7.64. The first-order valence-corrected chi connectivity index (χ1v) is 11.3. The Morgan fingerprint density at radius 3 is 2.57 bits per heavy atom. The van der Waals surface area contributed by atoms with Crippen molar-refractivity contribution in [3.05, 3.63) is 16.1 Å². The van der Waals surface area contributed by atoms with Gasteiger partial charge in [0.1, 0.15) is 5.69 Å². The topological polar surface area (TPSA) is 65.5 Å². The molecule has 1 saturated heterocycles. The maximum absolute atomic E-state index is 12.1. The van der Waals surface area contributed by atoms with Gasteiger partial charge in [-0.1, -0.05) is 13.8 Å². The van der Waals surface area contributed by atoms with Gasteiger partial charge in [-0.3, -0.25) is 9.59 Å². The molecule has 1 aromatic heterocycles. The van der Waals surface area contributed by atoms with Crippen molar-refractivity contribution in [3.63, 3.8) is 0 Å². The predicted octanol–water partition coefficient (Wildman–Crippen LogP) is 3.36. The third-order valence-corrected chi connectivity index (χ3v) is 6.01. The highest BCUT2D eigenvalue weighted by Gasteiger charge is 2.19. The van der Waals surface area contributed by atoms with Gasteiger partial charge in [-0.05, 0) is 72.8 Å². The number of amides is 1. The van der Waals surface area contributed by atoms with E-state index in [9.17, 15) is 9.59 Å². The van der Waals surface area contributed by atoms with Gasteiger partial charge in [0.2, 0.25) is 5.91 Å². The predicted molar refractivity (Wildman–Crippen MR) is 117 cm³/mol. The quantitative estimate of drug-likeness (QED) is 0.633. The highest BCUT2D eigenvalue weighted by molar-refractivity contribution is 7.09. The standard InChI is InChI=1S/C16H33N3O.C5H5NOS/c1-5-11-19(4)15(6-2)7-8-16(20)17-14-9-12-18(3)13-10-14;1-4-6-5(2-7)3-8-4/h14-15H,5-13H2,1-4H3,(H,17,20);2-3H,1H3. The molecule has 1 atom stereocenters. The van der Waals surface area contributed by atoms with Crippen molar-refractivity contribution in [1.29, 1.82) is 0 Å². The zero-order valence-corrected chi connectivity index (χ0v) is 19.1. The molecule has 1 unspecified atom stereocenters. The molecular formula is C21H38N4O2S. The minimum Gasteiger partial charge on any atom is -0.353 e. The normalized spacial score (nSPS) is 16.4. The minimum atomic E-state index is 0.239. The fraction of sp³-hybridized carbons (Fsp3) is 0.762. The maximum atomic E-state index is 12.1. The summed E-state index contributed by atoms with van der Waals surface area (Å²) in [6.45, 7) is 9.61. The van der Waals surface area contributed by atoms with Gasteiger partial charge in [0.05, 0.1) is 5.01 Å². The Bertz CT molecular complexity index is 571. The van der Waals surface area contributed by atoms with Crippen LogP contribution in [0.2, 0.25) is 0 Å². The van der Waals surface area contributed by atoms with E-state index in [-0.39, 0.29) is 5.91 Å². The van der Waals surface area contributed by atoms with Crippen LogP contribution in [0, 0.1) is 6.92 Å². The molecule has 28 heavy (non-hydrogen) atoms. The van der Waals surface area contributed by atoms with Crippen LogP contribution in [-0.2, 0) is 4.79 Å². The Balaban J connectivity index is 0.000000406. The van der Waals surface area contributed by atoms with Crippen LogP contribution >= 0.6 is 11.3 Å². The van der Waals surface area contributed by atoms with Gasteiger partial charge in [0.15, 0.2) is 6.29 Å². The molecule has 2 heterocycles. The first-order valence-electron chi connectivity index (χ1n) is 10.4. The summed E-state index contributed by atoms with van der Waals surface area (Å²) < 4.78 is 0. The van der Waals surface area contributed by atoms with Crippen molar-refractivity contribution < 1.29 is 9.59 Å². The van der Waals surface area contributed by atoms with E-state index in [0.29, 0.717) is 24.2 Å². The SMILES string of the molecule is CCCN(C)C(CC)CCC(=O)NC1CCN(C)CC1.Cc1nc(C=O)cs1. The number of carbonyl (C=O) groups is 2. The lowest BCUT2D eigenvalue weighted by atomic mass is 10.0. The second-order valence-corrected chi connectivity index (χ2v) is 8.70. The summed E-state index contributed by atoms with van der Waals surface area (Å²) >= 11 is 1.49. The lowest BCUT2D eigenvalue weighted by Crippen LogP contribution is -2.43. The summed E-state index contributed by atoms with van der Waals surface area (Å²) in [6.07, 6.45) is 6.88. The molecule has 0 saturated carbocycles. The molecule has 0 spiro atoms. The number of hydrogen-bond acceptors (Lipinski definition) is 6. The third kappa shape index (κ3) is 9.75. The molecule has 1 aliphatic rings. The molecule has 1 fully saturated rings. The fourth-order valence-corrected chi connectivity index (χ4v) is 4.01. The van der Waals surface area contributed by atoms with Crippen LogP contribution in [0.4, 0.5) is 0 Å². The largest absolute Gasteiger partial charge is 0.353 e. The molecule has 1 amide bonds. The number of rotatable bonds is 9. The van der Waals surface area contributed by atoms with Gasteiger partial charge < -0.3 is 15.1 Å². The van der Waals surface area contributed by atoms with Gasteiger partial charge >= 0.3 is 0 Å². The van der Waals surface area contributed by atoms with E-state index >= 15 is 0 Å². The number of carbonyl (C=O) groups excluding carboxylic acids is 2. The Labute approximate surface area is 174 Å². The van der Waals surface area contributed by atoms with Crippen LogP contribution in [0.15, 0.2) is 5.38 Å². The Hall–Kier alpha value is -1.31. The van der Waals surface area contributed by atoms with Gasteiger partial charge in [-0.15, -0.1) is 11.3 Å². The van der Waals surface area contributed by atoms with Crippen molar-refractivity contribution in [2.75, 3.05) is 33.7 Å². The summed E-state index contributed by atoms with van der Waals surface area (Å²) in [5.74, 6) is 0.239. The first kappa shape index (κ1) is 24.7.